The minimum absolute atomic E-state index is 0.188. The summed E-state index contributed by atoms with van der Waals surface area (Å²) in [6.45, 7) is 5.65. The van der Waals surface area contributed by atoms with Crippen molar-refractivity contribution >= 4 is 11.1 Å². The summed E-state index contributed by atoms with van der Waals surface area (Å²) in [6.07, 6.45) is 0. The molecule has 0 bridgehead atoms. The summed E-state index contributed by atoms with van der Waals surface area (Å²) in [5, 5.41) is 0. The minimum Gasteiger partial charge on any atom is -0.441 e. The zero-order valence-electron chi connectivity index (χ0n) is 11.7. The molecule has 0 spiro atoms. The molecule has 20 heavy (non-hydrogen) atoms. The van der Waals surface area contributed by atoms with Gasteiger partial charge in [0.05, 0.1) is 11.7 Å². The van der Waals surface area contributed by atoms with Crippen LogP contribution < -0.4 is 5.73 Å². The standard InChI is InChI=1S/C15H16N4O/c1-8-6-12(19-15(17-8)9(2)16)11-4-5-14-13(7-11)18-10(3)20-14/h4-7,9H,16H2,1-3H3. The largest absolute Gasteiger partial charge is 0.441 e. The topological polar surface area (TPSA) is 77.8 Å². The number of fused-ring (bicyclic) bond motifs is 1. The highest BCUT2D eigenvalue weighted by molar-refractivity contribution is 5.79. The van der Waals surface area contributed by atoms with Crippen LogP contribution in [0.3, 0.4) is 0 Å². The number of aromatic nitrogens is 3. The first-order valence-corrected chi connectivity index (χ1v) is 6.51. The van der Waals surface area contributed by atoms with Gasteiger partial charge in [-0.1, -0.05) is 0 Å². The van der Waals surface area contributed by atoms with Gasteiger partial charge in [0.2, 0.25) is 0 Å². The number of hydrogen-bond donors (Lipinski definition) is 1. The van der Waals surface area contributed by atoms with E-state index >= 15 is 0 Å². The Labute approximate surface area is 116 Å². The van der Waals surface area contributed by atoms with E-state index in [1.165, 1.54) is 0 Å². The average Bonchev–Trinajstić information content (AvgIpc) is 2.76. The van der Waals surface area contributed by atoms with Crippen molar-refractivity contribution in [2.75, 3.05) is 0 Å². The Kier molecular flexibility index (Phi) is 2.99. The summed E-state index contributed by atoms with van der Waals surface area (Å²) < 4.78 is 5.48. The van der Waals surface area contributed by atoms with Crippen LogP contribution in [-0.4, -0.2) is 15.0 Å². The van der Waals surface area contributed by atoms with E-state index in [2.05, 4.69) is 15.0 Å². The lowest BCUT2D eigenvalue weighted by Gasteiger charge is -2.08. The molecular weight excluding hydrogens is 252 g/mol. The molecule has 1 unspecified atom stereocenters. The number of oxazole rings is 1. The van der Waals surface area contributed by atoms with Gasteiger partial charge < -0.3 is 10.2 Å². The molecule has 0 aliphatic heterocycles. The smallest absolute Gasteiger partial charge is 0.192 e. The Balaban J connectivity index is 2.14. The third kappa shape index (κ3) is 2.28. The normalized spacial score (nSPS) is 12.8. The van der Waals surface area contributed by atoms with Crippen molar-refractivity contribution in [2.24, 2.45) is 5.73 Å². The van der Waals surface area contributed by atoms with Crippen molar-refractivity contribution in [1.82, 2.24) is 15.0 Å². The molecule has 5 nitrogen and oxygen atoms in total. The zero-order valence-corrected chi connectivity index (χ0v) is 11.7. The lowest BCUT2D eigenvalue weighted by molar-refractivity contribution is 0.561. The van der Waals surface area contributed by atoms with Crippen LogP contribution >= 0.6 is 0 Å². The highest BCUT2D eigenvalue weighted by atomic mass is 16.3. The van der Waals surface area contributed by atoms with Crippen LogP contribution in [0.25, 0.3) is 22.4 Å². The number of benzene rings is 1. The Hall–Kier alpha value is -2.27. The van der Waals surface area contributed by atoms with Gasteiger partial charge in [-0.05, 0) is 38.1 Å². The lowest BCUT2D eigenvalue weighted by Crippen LogP contribution is -2.11. The highest BCUT2D eigenvalue weighted by Gasteiger charge is 2.10. The molecule has 1 aromatic carbocycles. The van der Waals surface area contributed by atoms with Crippen molar-refractivity contribution in [1.29, 1.82) is 0 Å². The summed E-state index contributed by atoms with van der Waals surface area (Å²) >= 11 is 0. The molecule has 5 heteroatoms. The Bertz CT molecular complexity index is 777. The SMILES string of the molecule is Cc1cc(-c2ccc3oc(C)nc3c2)nc(C(C)N)n1. The van der Waals surface area contributed by atoms with E-state index in [9.17, 15) is 0 Å². The maximum atomic E-state index is 5.87. The summed E-state index contributed by atoms with van der Waals surface area (Å²) in [6, 6.07) is 7.61. The van der Waals surface area contributed by atoms with Crippen LogP contribution in [0.4, 0.5) is 0 Å². The number of nitrogens with two attached hydrogens (primary N) is 1. The predicted molar refractivity (Wildman–Crippen MR) is 77.1 cm³/mol. The fraction of sp³-hybridized carbons (Fsp3) is 0.267. The number of aryl methyl sites for hydroxylation is 2. The average molecular weight is 268 g/mol. The third-order valence-corrected chi connectivity index (χ3v) is 3.07. The summed E-state index contributed by atoms with van der Waals surface area (Å²) in [7, 11) is 0. The van der Waals surface area contributed by atoms with Crippen molar-refractivity contribution < 1.29 is 4.42 Å². The Morgan fingerprint density at radius 1 is 1.10 bits per heavy atom. The van der Waals surface area contributed by atoms with Gasteiger partial charge in [-0.2, -0.15) is 0 Å². The third-order valence-electron chi connectivity index (χ3n) is 3.07. The molecule has 2 aromatic heterocycles. The van der Waals surface area contributed by atoms with E-state index in [4.69, 9.17) is 10.2 Å². The van der Waals surface area contributed by atoms with Crippen molar-refractivity contribution in [3.8, 4) is 11.3 Å². The highest BCUT2D eigenvalue weighted by Crippen LogP contribution is 2.24. The lowest BCUT2D eigenvalue weighted by atomic mass is 10.1. The van der Waals surface area contributed by atoms with Gasteiger partial charge in [0.1, 0.15) is 11.3 Å². The van der Waals surface area contributed by atoms with Gasteiger partial charge in [0.15, 0.2) is 11.5 Å². The molecular formula is C15H16N4O. The minimum atomic E-state index is -0.188. The van der Waals surface area contributed by atoms with E-state index < -0.39 is 0 Å². The number of rotatable bonds is 2. The van der Waals surface area contributed by atoms with E-state index in [0.717, 1.165) is 28.1 Å². The van der Waals surface area contributed by atoms with E-state index in [1.807, 2.05) is 45.0 Å². The van der Waals surface area contributed by atoms with Crippen LogP contribution in [0.15, 0.2) is 28.7 Å². The van der Waals surface area contributed by atoms with E-state index in [0.29, 0.717) is 11.7 Å². The first kappa shape index (κ1) is 12.7. The summed E-state index contributed by atoms with van der Waals surface area (Å²) in [5.41, 5.74) is 10.2. The molecule has 0 aliphatic carbocycles. The molecule has 102 valence electrons. The first-order valence-electron chi connectivity index (χ1n) is 6.51. The van der Waals surface area contributed by atoms with E-state index in [1.54, 1.807) is 0 Å². The molecule has 0 aliphatic rings. The molecule has 0 amide bonds. The van der Waals surface area contributed by atoms with Gasteiger partial charge in [0.25, 0.3) is 0 Å². The molecule has 0 radical (unpaired) electrons. The van der Waals surface area contributed by atoms with Crippen molar-refractivity contribution in [3.05, 3.63) is 41.7 Å². The van der Waals surface area contributed by atoms with Gasteiger partial charge in [-0.25, -0.2) is 15.0 Å². The first-order chi connectivity index (χ1) is 9.52. The summed E-state index contributed by atoms with van der Waals surface area (Å²) in [5.74, 6) is 1.31. The molecule has 0 saturated heterocycles. The van der Waals surface area contributed by atoms with Gasteiger partial charge >= 0.3 is 0 Å². The summed E-state index contributed by atoms with van der Waals surface area (Å²) in [4.78, 5) is 13.2. The van der Waals surface area contributed by atoms with Gasteiger partial charge in [-0.15, -0.1) is 0 Å². The van der Waals surface area contributed by atoms with Gasteiger partial charge in [-0.3, -0.25) is 0 Å². The van der Waals surface area contributed by atoms with Gasteiger partial charge in [0, 0.05) is 18.2 Å². The molecule has 0 saturated carbocycles. The fourth-order valence-electron chi connectivity index (χ4n) is 2.14. The maximum Gasteiger partial charge on any atom is 0.192 e. The van der Waals surface area contributed by atoms with Crippen LogP contribution in [-0.2, 0) is 0 Å². The number of nitrogens with zero attached hydrogens (tertiary/aromatic N) is 3. The number of hydrogen-bond acceptors (Lipinski definition) is 5. The predicted octanol–water partition coefficient (Wildman–Crippen LogP) is 2.92. The van der Waals surface area contributed by atoms with Crippen molar-refractivity contribution in [2.45, 2.75) is 26.8 Å². The second kappa shape index (κ2) is 4.68. The second-order valence-electron chi connectivity index (χ2n) is 4.96. The molecule has 1 atom stereocenters. The molecule has 3 rings (SSSR count). The quantitative estimate of drug-likeness (QED) is 0.773. The van der Waals surface area contributed by atoms with Crippen LogP contribution in [0.2, 0.25) is 0 Å². The second-order valence-corrected chi connectivity index (χ2v) is 4.96. The van der Waals surface area contributed by atoms with Crippen LogP contribution in [0, 0.1) is 13.8 Å². The molecule has 3 aromatic rings. The monoisotopic (exact) mass is 268 g/mol. The molecule has 0 fully saturated rings. The maximum absolute atomic E-state index is 5.87. The molecule has 2 N–H and O–H groups in total. The molecule has 2 heterocycles. The van der Waals surface area contributed by atoms with Crippen LogP contribution in [0.5, 0.6) is 0 Å². The van der Waals surface area contributed by atoms with E-state index in [-0.39, 0.29) is 6.04 Å². The van der Waals surface area contributed by atoms with Crippen LogP contribution in [0.1, 0.15) is 30.4 Å². The Morgan fingerprint density at radius 3 is 2.65 bits per heavy atom. The fourth-order valence-corrected chi connectivity index (χ4v) is 2.14. The zero-order chi connectivity index (χ0) is 14.3. The van der Waals surface area contributed by atoms with Crippen molar-refractivity contribution in [3.63, 3.8) is 0 Å². The Morgan fingerprint density at radius 2 is 1.90 bits per heavy atom.